The number of ether oxygens (including phenoxy) is 2. The first-order valence-corrected chi connectivity index (χ1v) is 11.8. The lowest BCUT2D eigenvalue weighted by Gasteiger charge is -2.24. The van der Waals surface area contributed by atoms with E-state index >= 15 is 0 Å². The van der Waals surface area contributed by atoms with Gasteiger partial charge in [-0.2, -0.15) is 0 Å². The molecule has 3 aromatic rings. The summed E-state index contributed by atoms with van der Waals surface area (Å²) in [7, 11) is 0. The Kier molecular flexibility index (Phi) is 8.84. The topological polar surface area (TPSA) is 119 Å². The van der Waals surface area contributed by atoms with Gasteiger partial charge in [0.15, 0.2) is 0 Å². The first kappa shape index (κ1) is 26.9. The maximum atomic E-state index is 13.2. The van der Waals surface area contributed by atoms with Crippen LogP contribution in [0.3, 0.4) is 0 Å². The molecule has 0 aromatic heterocycles. The maximum Gasteiger partial charge on any atom is 0.349 e. The van der Waals surface area contributed by atoms with Gasteiger partial charge in [0.2, 0.25) is 12.2 Å². The zero-order chi connectivity index (χ0) is 26.4. The van der Waals surface area contributed by atoms with Crippen LogP contribution in [-0.4, -0.2) is 41.1 Å². The van der Waals surface area contributed by atoms with E-state index in [-0.39, 0.29) is 21.8 Å². The number of benzene rings is 3. The van der Waals surface area contributed by atoms with E-state index in [9.17, 15) is 24.3 Å². The molecule has 2 N–H and O–H groups in total. The van der Waals surface area contributed by atoms with Crippen LogP contribution in [0.5, 0.6) is 0 Å². The van der Waals surface area contributed by atoms with Gasteiger partial charge in [-0.1, -0.05) is 62.9 Å². The van der Waals surface area contributed by atoms with Crippen LogP contribution in [0.15, 0.2) is 71.2 Å². The second-order valence-corrected chi connectivity index (χ2v) is 9.17. The lowest BCUT2D eigenvalue weighted by Crippen LogP contribution is -2.48. The number of carbonyl (C=O) groups excluding carboxylic acids is 3. The average Bonchev–Trinajstić information content (AvgIpc) is 2.82. The van der Waals surface area contributed by atoms with Gasteiger partial charge >= 0.3 is 17.9 Å². The molecule has 0 unspecified atom stereocenters. The molecule has 0 aliphatic rings. The predicted molar refractivity (Wildman–Crippen MR) is 136 cm³/mol. The molecule has 0 saturated carbocycles. The van der Waals surface area contributed by atoms with Crippen LogP contribution in [0, 0.1) is 13.8 Å². The highest BCUT2D eigenvalue weighted by Crippen LogP contribution is 2.26. The van der Waals surface area contributed by atoms with E-state index in [2.05, 4.69) is 21.2 Å². The van der Waals surface area contributed by atoms with Gasteiger partial charge in [-0.3, -0.25) is 4.79 Å². The number of hydrogen-bond acceptors (Lipinski definition) is 6. The number of carbonyl (C=O) groups is 4. The van der Waals surface area contributed by atoms with E-state index in [1.807, 2.05) is 0 Å². The van der Waals surface area contributed by atoms with E-state index in [4.69, 9.17) is 21.1 Å². The molecule has 3 aromatic carbocycles. The fourth-order valence-electron chi connectivity index (χ4n) is 3.20. The Morgan fingerprint density at radius 3 is 1.83 bits per heavy atom. The van der Waals surface area contributed by atoms with Crippen molar-refractivity contribution in [2.45, 2.75) is 26.1 Å². The van der Waals surface area contributed by atoms with E-state index < -0.39 is 36.0 Å². The molecular formula is C26H21BrClNO7. The summed E-state index contributed by atoms with van der Waals surface area (Å²) in [6, 6.07) is 17.2. The van der Waals surface area contributed by atoms with Crippen molar-refractivity contribution in [1.82, 2.24) is 0 Å². The molecule has 0 heterocycles. The minimum absolute atomic E-state index is 0.0707. The molecule has 186 valence electrons. The lowest BCUT2D eigenvalue weighted by atomic mass is 10.1. The second-order valence-electron chi connectivity index (χ2n) is 7.84. The number of amides is 1. The quantitative estimate of drug-likeness (QED) is 0.355. The zero-order valence-electron chi connectivity index (χ0n) is 19.2. The third kappa shape index (κ3) is 6.93. The van der Waals surface area contributed by atoms with Crippen LogP contribution in [0.2, 0.25) is 5.02 Å². The van der Waals surface area contributed by atoms with Crippen molar-refractivity contribution in [3.05, 3.63) is 98.5 Å². The lowest BCUT2D eigenvalue weighted by molar-refractivity contribution is -0.157. The maximum absolute atomic E-state index is 13.2. The Balaban J connectivity index is 1.94. The van der Waals surface area contributed by atoms with Crippen molar-refractivity contribution in [1.29, 1.82) is 0 Å². The molecule has 8 nitrogen and oxygen atoms in total. The standard InChI is InChI=1S/C26H21BrClNO7/c1-14-5-3-7-16(11-14)25(33)35-21(23(30)29-20-10-9-18(27)13-19(20)28)22(24(31)32)36-26(34)17-8-4-6-15(2)12-17/h3-13,21-22H,1-2H3,(H,29,30)(H,31,32)/t21-,22+/m1/s1. The number of aliphatic carboxylic acids is 1. The summed E-state index contributed by atoms with van der Waals surface area (Å²) in [5.41, 5.74) is 1.77. The minimum atomic E-state index is -2.15. The first-order valence-electron chi connectivity index (χ1n) is 10.6. The van der Waals surface area contributed by atoms with Crippen molar-refractivity contribution in [3.8, 4) is 0 Å². The van der Waals surface area contributed by atoms with Crippen molar-refractivity contribution >= 4 is 57.0 Å². The van der Waals surface area contributed by atoms with Gasteiger partial charge in [0.05, 0.1) is 21.8 Å². The summed E-state index contributed by atoms with van der Waals surface area (Å²) < 4.78 is 11.1. The summed E-state index contributed by atoms with van der Waals surface area (Å²) in [6.07, 6.45) is -4.19. The highest BCUT2D eigenvalue weighted by Gasteiger charge is 2.41. The molecule has 0 bridgehead atoms. The predicted octanol–water partition coefficient (Wildman–Crippen LogP) is 5.19. The third-order valence-electron chi connectivity index (χ3n) is 4.94. The largest absolute Gasteiger partial charge is 0.478 e. The fourth-order valence-corrected chi connectivity index (χ4v) is 3.92. The Labute approximate surface area is 220 Å². The number of halogens is 2. The van der Waals surface area contributed by atoms with Gasteiger partial charge in [-0.25, -0.2) is 14.4 Å². The van der Waals surface area contributed by atoms with Crippen LogP contribution in [-0.2, 0) is 19.1 Å². The van der Waals surface area contributed by atoms with E-state index in [1.165, 1.54) is 36.4 Å². The summed E-state index contributed by atoms with van der Waals surface area (Å²) >= 11 is 9.42. The van der Waals surface area contributed by atoms with Crippen LogP contribution < -0.4 is 5.32 Å². The van der Waals surface area contributed by atoms with Crippen molar-refractivity contribution in [2.24, 2.45) is 0 Å². The van der Waals surface area contributed by atoms with E-state index in [0.29, 0.717) is 4.47 Å². The number of nitrogens with one attached hydrogen (secondary N) is 1. The Morgan fingerprint density at radius 1 is 0.833 bits per heavy atom. The van der Waals surface area contributed by atoms with Crippen LogP contribution in [0.25, 0.3) is 0 Å². The third-order valence-corrected chi connectivity index (χ3v) is 5.75. The van der Waals surface area contributed by atoms with Gasteiger partial charge in [-0.15, -0.1) is 0 Å². The van der Waals surface area contributed by atoms with Crippen molar-refractivity contribution in [3.63, 3.8) is 0 Å². The number of hydrogen-bond donors (Lipinski definition) is 2. The molecular weight excluding hydrogens is 554 g/mol. The highest BCUT2D eigenvalue weighted by atomic mass is 79.9. The van der Waals surface area contributed by atoms with E-state index in [0.717, 1.165) is 11.1 Å². The summed E-state index contributed by atoms with van der Waals surface area (Å²) in [4.78, 5) is 50.9. The summed E-state index contributed by atoms with van der Waals surface area (Å²) in [5, 5.41) is 12.4. The Hall–Kier alpha value is -3.69. The van der Waals surface area contributed by atoms with Crippen LogP contribution in [0.1, 0.15) is 31.8 Å². The number of esters is 2. The van der Waals surface area contributed by atoms with Crippen molar-refractivity contribution in [2.75, 3.05) is 5.32 Å². The zero-order valence-corrected chi connectivity index (χ0v) is 21.5. The number of anilines is 1. The molecule has 10 heteroatoms. The van der Waals surface area contributed by atoms with Gasteiger partial charge in [-0.05, 0) is 56.3 Å². The molecule has 0 aliphatic heterocycles. The van der Waals surface area contributed by atoms with Gasteiger partial charge in [0, 0.05) is 4.47 Å². The summed E-state index contributed by atoms with van der Waals surface area (Å²) in [5.74, 6) is -4.71. The number of rotatable bonds is 8. The molecule has 36 heavy (non-hydrogen) atoms. The SMILES string of the molecule is Cc1cccc(C(=O)O[C@H](C(=O)O)[C@@H](OC(=O)c2cccc(C)c2)C(=O)Nc2ccc(Br)cc2Cl)c1. The first-order chi connectivity index (χ1) is 17.0. The number of carboxylic acid groups (broad SMARTS) is 1. The highest BCUT2D eigenvalue weighted by molar-refractivity contribution is 9.10. The molecule has 0 fully saturated rings. The van der Waals surface area contributed by atoms with Crippen LogP contribution >= 0.6 is 27.5 Å². The minimum Gasteiger partial charge on any atom is -0.478 e. The molecule has 3 rings (SSSR count). The molecule has 0 saturated heterocycles. The molecule has 0 radical (unpaired) electrons. The van der Waals surface area contributed by atoms with Gasteiger partial charge in [0.25, 0.3) is 5.91 Å². The number of carboxylic acids is 1. The monoisotopic (exact) mass is 573 g/mol. The smallest absolute Gasteiger partial charge is 0.349 e. The Morgan fingerprint density at radius 2 is 1.36 bits per heavy atom. The molecule has 1 amide bonds. The normalized spacial score (nSPS) is 12.2. The summed E-state index contributed by atoms with van der Waals surface area (Å²) in [6.45, 7) is 3.49. The van der Waals surface area contributed by atoms with Crippen molar-refractivity contribution < 1.29 is 33.8 Å². The number of aryl methyl sites for hydroxylation is 2. The molecule has 0 spiro atoms. The fraction of sp³-hybridized carbons (Fsp3) is 0.154. The van der Waals surface area contributed by atoms with E-state index in [1.54, 1.807) is 44.2 Å². The Bertz CT molecular complexity index is 1330. The molecule has 2 atom stereocenters. The second kappa shape index (κ2) is 11.8. The van der Waals surface area contributed by atoms with Gasteiger partial charge in [0.1, 0.15) is 0 Å². The van der Waals surface area contributed by atoms with Gasteiger partial charge < -0.3 is 19.9 Å². The van der Waals surface area contributed by atoms with Crippen LogP contribution in [0.4, 0.5) is 5.69 Å². The molecule has 0 aliphatic carbocycles. The average molecular weight is 575 g/mol.